The molecule has 3 nitrogen and oxygen atoms in total. The molecule has 0 heterocycles. The summed E-state index contributed by atoms with van der Waals surface area (Å²) in [6.07, 6.45) is -4.70. The molecule has 6 heteroatoms. The Morgan fingerprint density at radius 2 is 1.94 bits per heavy atom. The van der Waals surface area contributed by atoms with Crippen molar-refractivity contribution >= 4 is 5.91 Å². The maximum Gasteiger partial charge on any atom is 0.573 e. The van der Waals surface area contributed by atoms with E-state index in [0.717, 1.165) is 0 Å². The lowest BCUT2D eigenvalue weighted by atomic mass is 10.2. The zero-order valence-electron chi connectivity index (χ0n) is 9.47. The second-order valence-electron chi connectivity index (χ2n) is 3.28. The van der Waals surface area contributed by atoms with E-state index in [4.69, 9.17) is 0 Å². The highest BCUT2D eigenvalue weighted by atomic mass is 19.4. The third-order valence-electron chi connectivity index (χ3n) is 1.75. The van der Waals surface area contributed by atoms with Crippen molar-refractivity contribution in [1.82, 2.24) is 5.32 Å². The summed E-state index contributed by atoms with van der Waals surface area (Å²) in [4.78, 5) is 10.5. The van der Waals surface area contributed by atoms with Gasteiger partial charge in [-0.25, -0.2) is 0 Å². The van der Waals surface area contributed by atoms with E-state index < -0.39 is 6.36 Å². The molecule has 0 aliphatic carbocycles. The number of amides is 1. The SMILES string of the molecule is CC(=O)NCC#Cc1ccc(OC(F)(F)F)cc1. The fourth-order valence-electron chi connectivity index (χ4n) is 1.05. The van der Waals surface area contributed by atoms with E-state index >= 15 is 0 Å². The number of benzene rings is 1. The predicted octanol–water partition coefficient (Wildman–Crippen LogP) is 2.07. The Hall–Kier alpha value is -2.16. The normalized spacial score (nSPS) is 10.2. The van der Waals surface area contributed by atoms with Crippen molar-refractivity contribution < 1.29 is 22.7 Å². The van der Waals surface area contributed by atoms with Gasteiger partial charge in [-0.15, -0.1) is 13.2 Å². The number of nitrogens with one attached hydrogen (secondary N) is 1. The second-order valence-corrected chi connectivity index (χ2v) is 3.28. The van der Waals surface area contributed by atoms with Crippen molar-refractivity contribution in [2.24, 2.45) is 0 Å². The first kappa shape index (κ1) is 13.9. The Labute approximate surface area is 102 Å². The van der Waals surface area contributed by atoms with Crippen molar-refractivity contribution in [2.45, 2.75) is 13.3 Å². The van der Waals surface area contributed by atoms with Crippen LogP contribution >= 0.6 is 0 Å². The molecule has 1 N–H and O–H groups in total. The first-order chi connectivity index (χ1) is 8.37. The van der Waals surface area contributed by atoms with Gasteiger partial charge >= 0.3 is 6.36 Å². The molecular formula is C12H10F3NO2. The summed E-state index contributed by atoms with van der Waals surface area (Å²) >= 11 is 0. The van der Waals surface area contributed by atoms with Crippen molar-refractivity contribution in [2.75, 3.05) is 6.54 Å². The van der Waals surface area contributed by atoms with Crippen LogP contribution in [0.15, 0.2) is 24.3 Å². The van der Waals surface area contributed by atoms with Crippen molar-refractivity contribution in [3.8, 4) is 17.6 Å². The van der Waals surface area contributed by atoms with Crippen molar-refractivity contribution in [3.05, 3.63) is 29.8 Å². The summed E-state index contributed by atoms with van der Waals surface area (Å²) in [5.41, 5.74) is 0.537. The minimum Gasteiger partial charge on any atom is -0.406 e. The summed E-state index contributed by atoms with van der Waals surface area (Å²) in [7, 11) is 0. The zero-order valence-corrected chi connectivity index (χ0v) is 9.47. The van der Waals surface area contributed by atoms with Crippen LogP contribution in [0.25, 0.3) is 0 Å². The number of carbonyl (C=O) groups excluding carboxylic acids is 1. The summed E-state index contributed by atoms with van der Waals surface area (Å²) in [5, 5.41) is 2.47. The molecule has 1 rings (SSSR count). The summed E-state index contributed by atoms with van der Waals surface area (Å²) in [6.45, 7) is 1.56. The first-order valence-electron chi connectivity index (χ1n) is 4.96. The molecule has 1 aromatic rings. The molecule has 0 aliphatic heterocycles. The summed E-state index contributed by atoms with van der Waals surface area (Å²) < 4.78 is 39.3. The molecule has 0 spiro atoms. The molecule has 0 aliphatic rings. The number of carbonyl (C=O) groups is 1. The number of ether oxygens (including phenoxy) is 1. The minimum absolute atomic E-state index is 0.191. The van der Waals surface area contributed by atoms with Crippen LogP contribution in [0.1, 0.15) is 12.5 Å². The van der Waals surface area contributed by atoms with Crippen LogP contribution in [-0.4, -0.2) is 18.8 Å². The lowest BCUT2D eigenvalue weighted by Crippen LogP contribution is -2.19. The number of rotatable bonds is 2. The highest BCUT2D eigenvalue weighted by Crippen LogP contribution is 2.22. The number of alkyl halides is 3. The Morgan fingerprint density at radius 1 is 1.33 bits per heavy atom. The summed E-state index contributed by atoms with van der Waals surface area (Å²) in [5.74, 6) is 4.85. The first-order valence-corrected chi connectivity index (χ1v) is 4.96. The van der Waals surface area contributed by atoms with Crippen LogP contribution < -0.4 is 10.1 Å². The van der Waals surface area contributed by atoms with Crippen LogP contribution in [0.5, 0.6) is 5.75 Å². The van der Waals surface area contributed by atoms with E-state index in [1.165, 1.54) is 31.2 Å². The predicted molar refractivity (Wildman–Crippen MR) is 58.7 cm³/mol. The smallest absolute Gasteiger partial charge is 0.406 e. The van der Waals surface area contributed by atoms with Crippen molar-refractivity contribution in [3.63, 3.8) is 0 Å². The average molecular weight is 257 g/mol. The number of hydrogen-bond donors (Lipinski definition) is 1. The van der Waals surface area contributed by atoms with Crippen LogP contribution in [0.2, 0.25) is 0 Å². The van der Waals surface area contributed by atoms with Gasteiger partial charge in [0.2, 0.25) is 5.91 Å². The molecule has 0 saturated carbocycles. The average Bonchev–Trinajstić information content (AvgIpc) is 2.24. The third-order valence-corrected chi connectivity index (χ3v) is 1.75. The van der Waals surface area contributed by atoms with Crippen LogP contribution in [0, 0.1) is 11.8 Å². The van der Waals surface area contributed by atoms with Crippen LogP contribution in [0.4, 0.5) is 13.2 Å². The van der Waals surface area contributed by atoms with Gasteiger partial charge in [0.1, 0.15) is 5.75 Å². The van der Waals surface area contributed by atoms with Gasteiger partial charge in [-0.2, -0.15) is 0 Å². The van der Waals surface area contributed by atoms with Gasteiger partial charge in [-0.3, -0.25) is 4.79 Å². The molecule has 0 unspecified atom stereocenters. The Bertz CT molecular complexity index is 469. The Balaban J connectivity index is 2.57. The van der Waals surface area contributed by atoms with Gasteiger partial charge in [-0.05, 0) is 24.3 Å². The molecule has 1 aromatic carbocycles. The number of hydrogen-bond acceptors (Lipinski definition) is 2. The minimum atomic E-state index is -4.70. The maximum atomic E-state index is 11.9. The standard InChI is InChI=1S/C12H10F3NO2/c1-9(17)16-8-2-3-10-4-6-11(7-5-10)18-12(13,14)15/h4-7H,8H2,1H3,(H,16,17). The van der Waals surface area contributed by atoms with E-state index in [1.807, 2.05) is 0 Å². The largest absolute Gasteiger partial charge is 0.573 e. The highest BCUT2D eigenvalue weighted by molar-refractivity contribution is 5.73. The highest BCUT2D eigenvalue weighted by Gasteiger charge is 2.30. The van der Waals surface area contributed by atoms with E-state index in [-0.39, 0.29) is 18.2 Å². The molecule has 1 amide bonds. The van der Waals surface area contributed by atoms with Gasteiger partial charge in [0.05, 0.1) is 6.54 Å². The summed E-state index contributed by atoms with van der Waals surface area (Å²) in [6, 6.07) is 5.16. The molecule has 18 heavy (non-hydrogen) atoms. The molecule has 0 bridgehead atoms. The fraction of sp³-hybridized carbons (Fsp3) is 0.250. The van der Waals surface area contributed by atoms with E-state index in [2.05, 4.69) is 21.9 Å². The third kappa shape index (κ3) is 5.80. The second kappa shape index (κ2) is 5.96. The molecule has 96 valence electrons. The van der Waals surface area contributed by atoms with Gasteiger partial charge < -0.3 is 10.1 Å². The molecule has 0 aromatic heterocycles. The quantitative estimate of drug-likeness (QED) is 0.824. The van der Waals surface area contributed by atoms with Gasteiger partial charge in [0.25, 0.3) is 0 Å². The lowest BCUT2D eigenvalue weighted by Gasteiger charge is -2.07. The fourth-order valence-corrected chi connectivity index (χ4v) is 1.05. The number of halogens is 3. The molecule has 0 radical (unpaired) electrons. The zero-order chi connectivity index (χ0) is 13.6. The van der Waals surface area contributed by atoms with Crippen molar-refractivity contribution in [1.29, 1.82) is 0 Å². The van der Waals surface area contributed by atoms with Gasteiger partial charge in [0, 0.05) is 12.5 Å². The molecular weight excluding hydrogens is 247 g/mol. The van der Waals surface area contributed by atoms with E-state index in [1.54, 1.807) is 0 Å². The molecule has 0 fully saturated rings. The van der Waals surface area contributed by atoms with E-state index in [9.17, 15) is 18.0 Å². The van der Waals surface area contributed by atoms with Crippen LogP contribution in [0.3, 0.4) is 0 Å². The maximum absolute atomic E-state index is 11.9. The molecule has 0 saturated heterocycles. The van der Waals surface area contributed by atoms with Gasteiger partial charge in [-0.1, -0.05) is 11.8 Å². The van der Waals surface area contributed by atoms with Crippen LogP contribution in [-0.2, 0) is 4.79 Å². The molecule has 0 atom stereocenters. The van der Waals surface area contributed by atoms with E-state index in [0.29, 0.717) is 5.56 Å². The topological polar surface area (TPSA) is 38.3 Å². The Morgan fingerprint density at radius 3 is 2.44 bits per heavy atom. The lowest BCUT2D eigenvalue weighted by molar-refractivity contribution is -0.274. The monoisotopic (exact) mass is 257 g/mol. The Kier molecular flexibility index (Phi) is 4.60. The van der Waals surface area contributed by atoms with Gasteiger partial charge in [0.15, 0.2) is 0 Å².